The third-order valence-corrected chi connectivity index (χ3v) is 3.63. The predicted molar refractivity (Wildman–Crippen MR) is 103 cm³/mol. The lowest BCUT2D eigenvalue weighted by molar-refractivity contribution is -0.120. The first-order valence-electron chi connectivity index (χ1n) is 8.40. The lowest BCUT2D eigenvalue weighted by Crippen LogP contribution is -2.25. The number of rotatable bonds is 8. The highest BCUT2D eigenvalue weighted by atomic mass is 16.5. The second kappa shape index (κ2) is 10.6. The molecule has 0 saturated carbocycles. The van der Waals surface area contributed by atoms with Gasteiger partial charge in [0, 0.05) is 0 Å². The number of allylic oxidation sites excluding steroid dienone is 1. The summed E-state index contributed by atoms with van der Waals surface area (Å²) in [5.41, 5.74) is 1.98. The van der Waals surface area contributed by atoms with Crippen LogP contribution in [-0.2, 0) is 17.6 Å². The monoisotopic (exact) mass is 349 g/mol. The number of carbonyl (C=O) groups is 1. The second-order valence-corrected chi connectivity index (χ2v) is 5.55. The molecule has 4 nitrogen and oxygen atoms in total. The highest BCUT2D eigenvalue weighted by Crippen LogP contribution is 2.18. The minimum absolute atomic E-state index is 0.0789. The maximum Gasteiger partial charge on any atom is 0.225 e. The number of methoxy groups -OCH3 is 1. The third kappa shape index (κ3) is 6.37. The van der Waals surface area contributed by atoms with E-state index in [9.17, 15) is 4.79 Å². The Hall–Kier alpha value is -3.19. The molecule has 134 valence electrons. The Morgan fingerprint density at radius 1 is 1.19 bits per heavy atom. The lowest BCUT2D eigenvalue weighted by atomic mass is 10.1. The van der Waals surface area contributed by atoms with Gasteiger partial charge in [0.15, 0.2) is 0 Å². The van der Waals surface area contributed by atoms with Crippen molar-refractivity contribution in [1.82, 2.24) is 5.32 Å². The van der Waals surface area contributed by atoms with Crippen molar-refractivity contribution in [3.63, 3.8) is 0 Å². The zero-order valence-corrected chi connectivity index (χ0v) is 15.0. The van der Waals surface area contributed by atoms with Crippen LogP contribution in [0.25, 0.3) is 0 Å². The first kappa shape index (κ1) is 19.1. The van der Waals surface area contributed by atoms with E-state index in [4.69, 9.17) is 9.47 Å². The van der Waals surface area contributed by atoms with Crippen molar-refractivity contribution in [2.45, 2.75) is 12.8 Å². The minimum atomic E-state index is -0.0789. The number of amides is 1. The van der Waals surface area contributed by atoms with Crippen LogP contribution in [0.1, 0.15) is 11.1 Å². The van der Waals surface area contributed by atoms with Crippen LogP contribution in [0, 0.1) is 11.8 Å². The maximum absolute atomic E-state index is 11.9. The molecule has 0 saturated heterocycles. The first-order chi connectivity index (χ1) is 12.7. The Morgan fingerprint density at radius 2 is 2.04 bits per heavy atom. The van der Waals surface area contributed by atoms with Gasteiger partial charge in [-0.1, -0.05) is 48.2 Å². The number of ether oxygens (including phenoxy) is 2. The molecule has 1 amide bonds. The van der Waals surface area contributed by atoms with E-state index < -0.39 is 0 Å². The molecule has 0 fully saturated rings. The van der Waals surface area contributed by atoms with Crippen molar-refractivity contribution in [2.24, 2.45) is 0 Å². The van der Waals surface area contributed by atoms with Crippen molar-refractivity contribution in [3.05, 3.63) is 72.3 Å². The van der Waals surface area contributed by atoms with Gasteiger partial charge in [0.2, 0.25) is 5.91 Å². The third-order valence-electron chi connectivity index (χ3n) is 3.63. The van der Waals surface area contributed by atoms with E-state index in [0.717, 1.165) is 29.0 Å². The summed E-state index contributed by atoms with van der Waals surface area (Å²) in [6.45, 7) is 4.31. The van der Waals surface area contributed by atoms with E-state index in [0.29, 0.717) is 13.0 Å². The van der Waals surface area contributed by atoms with Crippen LogP contribution in [-0.4, -0.2) is 26.2 Å². The van der Waals surface area contributed by atoms with Crippen molar-refractivity contribution in [2.75, 3.05) is 20.3 Å². The SMILES string of the molecule is C=CCc1ccccc1OCC#CCNC(=O)Cc1cccc(OC)c1. The zero-order valence-electron chi connectivity index (χ0n) is 15.0. The van der Waals surface area contributed by atoms with E-state index in [-0.39, 0.29) is 12.5 Å². The Balaban J connectivity index is 1.73. The van der Waals surface area contributed by atoms with Gasteiger partial charge in [0.1, 0.15) is 18.1 Å². The molecule has 0 atom stereocenters. The molecule has 4 heteroatoms. The standard InChI is InChI=1S/C22H23NO3/c1-3-9-19-11-4-5-13-21(19)26-15-7-6-14-23-22(24)17-18-10-8-12-20(16-18)25-2/h3-5,8,10-13,16H,1,9,14-15,17H2,2H3,(H,23,24). The van der Waals surface area contributed by atoms with Crippen LogP contribution in [0.2, 0.25) is 0 Å². The molecule has 0 bridgehead atoms. The van der Waals surface area contributed by atoms with Crippen molar-refractivity contribution < 1.29 is 14.3 Å². The molecule has 0 aliphatic carbocycles. The van der Waals surface area contributed by atoms with Crippen LogP contribution in [0.15, 0.2) is 61.2 Å². The minimum Gasteiger partial charge on any atom is -0.497 e. The van der Waals surface area contributed by atoms with E-state index in [1.54, 1.807) is 7.11 Å². The van der Waals surface area contributed by atoms with Crippen LogP contribution >= 0.6 is 0 Å². The molecule has 0 aliphatic heterocycles. The van der Waals surface area contributed by atoms with Gasteiger partial charge in [-0.15, -0.1) is 6.58 Å². The molecular weight excluding hydrogens is 326 g/mol. The summed E-state index contributed by atoms with van der Waals surface area (Å²) in [7, 11) is 1.60. The molecule has 2 rings (SSSR count). The van der Waals surface area contributed by atoms with Crippen LogP contribution in [0.4, 0.5) is 0 Å². The molecule has 0 unspecified atom stereocenters. The van der Waals surface area contributed by atoms with Gasteiger partial charge in [0.05, 0.1) is 20.1 Å². The Morgan fingerprint density at radius 3 is 2.85 bits per heavy atom. The van der Waals surface area contributed by atoms with Gasteiger partial charge < -0.3 is 14.8 Å². The summed E-state index contributed by atoms with van der Waals surface area (Å²) in [5.74, 6) is 7.27. The molecular formula is C22H23NO3. The lowest BCUT2D eigenvalue weighted by Gasteiger charge is -2.07. The van der Waals surface area contributed by atoms with Gasteiger partial charge in [-0.3, -0.25) is 4.79 Å². The van der Waals surface area contributed by atoms with Gasteiger partial charge in [0.25, 0.3) is 0 Å². The number of hydrogen-bond acceptors (Lipinski definition) is 3. The topological polar surface area (TPSA) is 47.6 Å². The van der Waals surface area contributed by atoms with Gasteiger partial charge in [-0.05, 0) is 35.7 Å². The van der Waals surface area contributed by atoms with Crippen LogP contribution in [0.3, 0.4) is 0 Å². The van der Waals surface area contributed by atoms with Crippen molar-refractivity contribution >= 4 is 5.91 Å². The number of nitrogens with one attached hydrogen (secondary N) is 1. The summed E-state index contributed by atoms with van der Waals surface area (Å²) >= 11 is 0. The summed E-state index contributed by atoms with van der Waals surface area (Å²) < 4.78 is 10.8. The predicted octanol–water partition coefficient (Wildman–Crippen LogP) is 3.16. The first-order valence-corrected chi connectivity index (χ1v) is 8.40. The van der Waals surface area contributed by atoms with Gasteiger partial charge in [-0.2, -0.15) is 0 Å². The van der Waals surface area contributed by atoms with E-state index in [1.165, 1.54) is 0 Å². The average molecular weight is 349 g/mol. The number of para-hydroxylation sites is 1. The molecule has 2 aromatic rings. The molecule has 26 heavy (non-hydrogen) atoms. The van der Waals surface area contributed by atoms with Crippen molar-refractivity contribution in [3.8, 4) is 23.3 Å². The Labute approximate surface area is 154 Å². The summed E-state index contributed by atoms with van der Waals surface area (Å²) in [6.07, 6.45) is 2.89. The fourth-order valence-corrected chi connectivity index (χ4v) is 2.37. The van der Waals surface area contributed by atoms with Gasteiger partial charge in [-0.25, -0.2) is 0 Å². The number of benzene rings is 2. The van der Waals surface area contributed by atoms with Crippen molar-refractivity contribution in [1.29, 1.82) is 0 Å². The average Bonchev–Trinajstić information content (AvgIpc) is 2.66. The van der Waals surface area contributed by atoms with Crippen LogP contribution in [0.5, 0.6) is 11.5 Å². The Bertz CT molecular complexity index is 802. The molecule has 0 spiro atoms. The molecule has 0 heterocycles. The summed E-state index contributed by atoms with van der Waals surface area (Å²) in [4.78, 5) is 11.9. The Kier molecular flexibility index (Phi) is 7.82. The number of carbonyl (C=O) groups excluding carboxylic acids is 1. The molecule has 0 radical (unpaired) electrons. The highest BCUT2D eigenvalue weighted by molar-refractivity contribution is 5.78. The normalized spacial score (nSPS) is 9.58. The molecule has 0 aromatic heterocycles. The van der Waals surface area contributed by atoms with E-state index in [1.807, 2.05) is 54.6 Å². The molecule has 1 N–H and O–H groups in total. The molecule has 2 aromatic carbocycles. The van der Waals surface area contributed by atoms with Crippen LogP contribution < -0.4 is 14.8 Å². The summed E-state index contributed by atoms with van der Waals surface area (Å²) in [5, 5.41) is 2.78. The van der Waals surface area contributed by atoms with Gasteiger partial charge >= 0.3 is 0 Å². The van der Waals surface area contributed by atoms with E-state index in [2.05, 4.69) is 23.7 Å². The fraction of sp³-hybridized carbons (Fsp3) is 0.227. The highest BCUT2D eigenvalue weighted by Gasteiger charge is 2.03. The molecule has 0 aliphatic rings. The quantitative estimate of drug-likeness (QED) is 0.588. The summed E-state index contributed by atoms with van der Waals surface area (Å²) in [6, 6.07) is 15.3. The number of hydrogen-bond donors (Lipinski definition) is 1. The largest absolute Gasteiger partial charge is 0.497 e. The zero-order chi connectivity index (χ0) is 18.6. The smallest absolute Gasteiger partial charge is 0.225 e. The fourth-order valence-electron chi connectivity index (χ4n) is 2.37. The maximum atomic E-state index is 11.9. The second-order valence-electron chi connectivity index (χ2n) is 5.55. The van der Waals surface area contributed by atoms with E-state index >= 15 is 0 Å².